The number of thiocarbonyl (C=S) groups is 1. The minimum atomic E-state index is 0.287. The summed E-state index contributed by atoms with van der Waals surface area (Å²) in [6.07, 6.45) is 2.29. The van der Waals surface area contributed by atoms with E-state index < -0.39 is 0 Å². The second-order valence-corrected chi connectivity index (χ2v) is 5.49. The van der Waals surface area contributed by atoms with Crippen molar-refractivity contribution in [1.82, 2.24) is 10.2 Å². The average molecular weight is 296 g/mol. The quantitative estimate of drug-likeness (QED) is 0.566. The van der Waals surface area contributed by atoms with Gasteiger partial charge in [-0.1, -0.05) is 12.2 Å². The van der Waals surface area contributed by atoms with Crippen LogP contribution in [-0.4, -0.2) is 34.4 Å². The molecule has 3 N–H and O–H groups in total. The predicted octanol–water partition coefficient (Wildman–Crippen LogP) is 2.34. The van der Waals surface area contributed by atoms with Crippen LogP contribution in [0, 0.1) is 13.8 Å². The van der Waals surface area contributed by atoms with Gasteiger partial charge in [-0.05, 0) is 46.1 Å². The highest BCUT2D eigenvalue weighted by Gasteiger charge is 2.12. The fraction of sp³-hybridized carbons (Fsp3) is 0.643. The third-order valence-electron chi connectivity index (χ3n) is 3.02. The van der Waals surface area contributed by atoms with Gasteiger partial charge in [0.25, 0.3) is 0 Å². The van der Waals surface area contributed by atoms with Crippen LogP contribution in [0.25, 0.3) is 0 Å². The zero-order valence-corrected chi connectivity index (χ0v) is 13.5. The number of anilines is 1. The number of hydrogen-bond acceptors (Lipinski definition) is 5. The summed E-state index contributed by atoms with van der Waals surface area (Å²) in [7, 11) is 0. The molecule has 0 saturated heterocycles. The number of hydrogen-bond donors (Lipinski definition) is 2. The number of nitrogens with one attached hydrogen (secondary N) is 1. The second kappa shape index (κ2) is 8.11. The Morgan fingerprint density at radius 2 is 2.00 bits per heavy atom. The molecule has 1 rings (SSSR count). The maximum atomic E-state index is 5.77. The Hall–Kier alpha value is -1.27. The molecule has 0 spiro atoms. The standard InChI is InChI=1S/C14H24N4OS/c1-9(2)19-8-6-5-7-16-14-12(13(15)20)10(3)11(4)17-18-14/h9H,5-8H2,1-4H3,(H2,15,20)(H,16,18). The molecule has 0 radical (unpaired) electrons. The van der Waals surface area contributed by atoms with Crippen molar-refractivity contribution in [2.75, 3.05) is 18.5 Å². The molecule has 0 atom stereocenters. The van der Waals surface area contributed by atoms with Crippen LogP contribution in [0.15, 0.2) is 0 Å². The minimum Gasteiger partial charge on any atom is -0.389 e. The van der Waals surface area contributed by atoms with E-state index in [1.807, 2.05) is 27.7 Å². The van der Waals surface area contributed by atoms with Crippen LogP contribution in [0.1, 0.15) is 43.5 Å². The first kappa shape index (κ1) is 16.8. The van der Waals surface area contributed by atoms with E-state index >= 15 is 0 Å². The fourth-order valence-corrected chi connectivity index (χ4v) is 2.04. The van der Waals surface area contributed by atoms with E-state index in [-0.39, 0.29) is 6.10 Å². The smallest absolute Gasteiger partial charge is 0.159 e. The summed E-state index contributed by atoms with van der Waals surface area (Å²) in [6.45, 7) is 9.51. The largest absolute Gasteiger partial charge is 0.389 e. The Morgan fingerprint density at radius 3 is 2.60 bits per heavy atom. The molecule has 0 aromatic carbocycles. The van der Waals surface area contributed by atoms with E-state index in [0.29, 0.717) is 10.8 Å². The Balaban J connectivity index is 2.52. The molecule has 6 heteroatoms. The van der Waals surface area contributed by atoms with Crippen LogP contribution in [0.5, 0.6) is 0 Å². The highest BCUT2D eigenvalue weighted by atomic mass is 32.1. The van der Waals surface area contributed by atoms with Crippen molar-refractivity contribution in [2.45, 2.75) is 46.6 Å². The van der Waals surface area contributed by atoms with Gasteiger partial charge in [-0.2, -0.15) is 5.10 Å². The fourth-order valence-electron chi connectivity index (χ4n) is 1.79. The minimum absolute atomic E-state index is 0.287. The van der Waals surface area contributed by atoms with Crippen molar-refractivity contribution in [1.29, 1.82) is 0 Å². The van der Waals surface area contributed by atoms with Crippen molar-refractivity contribution < 1.29 is 4.74 Å². The number of unbranched alkanes of at least 4 members (excludes halogenated alkanes) is 1. The van der Waals surface area contributed by atoms with E-state index in [0.717, 1.165) is 42.8 Å². The first-order chi connectivity index (χ1) is 9.43. The van der Waals surface area contributed by atoms with Gasteiger partial charge >= 0.3 is 0 Å². The molecule has 0 fully saturated rings. The summed E-state index contributed by atoms with van der Waals surface area (Å²) >= 11 is 5.10. The highest BCUT2D eigenvalue weighted by Crippen LogP contribution is 2.18. The van der Waals surface area contributed by atoms with Crippen molar-refractivity contribution >= 4 is 23.0 Å². The normalized spacial score (nSPS) is 10.8. The lowest BCUT2D eigenvalue weighted by Gasteiger charge is -2.13. The Morgan fingerprint density at radius 1 is 1.30 bits per heavy atom. The maximum Gasteiger partial charge on any atom is 0.159 e. The topological polar surface area (TPSA) is 73.1 Å². The van der Waals surface area contributed by atoms with E-state index in [4.69, 9.17) is 22.7 Å². The predicted molar refractivity (Wildman–Crippen MR) is 86.2 cm³/mol. The number of aromatic nitrogens is 2. The van der Waals surface area contributed by atoms with Gasteiger partial charge in [-0.3, -0.25) is 0 Å². The third-order valence-corrected chi connectivity index (χ3v) is 3.22. The lowest BCUT2D eigenvalue weighted by Crippen LogP contribution is -2.18. The molecule has 0 unspecified atom stereocenters. The van der Waals surface area contributed by atoms with Crippen molar-refractivity contribution in [3.05, 3.63) is 16.8 Å². The van der Waals surface area contributed by atoms with Crippen molar-refractivity contribution in [3.8, 4) is 0 Å². The first-order valence-corrected chi connectivity index (χ1v) is 7.33. The Labute approximate surface area is 126 Å². The monoisotopic (exact) mass is 296 g/mol. The summed E-state index contributed by atoms with van der Waals surface area (Å²) < 4.78 is 5.49. The number of ether oxygens (including phenoxy) is 1. The molecule has 1 heterocycles. The molecule has 1 aromatic heterocycles. The second-order valence-electron chi connectivity index (χ2n) is 5.05. The van der Waals surface area contributed by atoms with Gasteiger partial charge < -0.3 is 15.8 Å². The van der Waals surface area contributed by atoms with Gasteiger partial charge in [0.05, 0.1) is 17.4 Å². The molecule has 0 aliphatic carbocycles. The molecule has 0 saturated carbocycles. The summed E-state index contributed by atoms with van der Waals surface area (Å²) in [4.78, 5) is 0.353. The molecule has 20 heavy (non-hydrogen) atoms. The number of rotatable bonds is 8. The van der Waals surface area contributed by atoms with Gasteiger partial charge in [-0.25, -0.2) is 0 Å². The molecule has 5 nitrogen and oxygen atoms in total. The van der Waals surface area contributed by atoms with Gasteiger partial charge in [0.1, 0.15) is 4.99 Å². The van der Waals surface area contributed by atoms with E-state index in [1.54, 1.807) is 0 Å². The van der Waals surface area contributed by atoms with Gasteiger partial charge in [0.2, 0.25) is 0 Å². The van der Waals surface area contributed by atoms with Crippen LogP contribution >= 0.6 is 12.2 Å². The van der Waals surface area contributed by atoms with Gasteiger partial charge in [-0.15, -0.1) is 5.10 Å². The number of nitrogens with zero attached hydrogens (tertiary/aromatic N) is 2. The van der Waals surface area contributed by atoms with Crippen LogP contribution in [0.2, 0.25) is 0 Å². The van der Waals surface area contributed by atoms with E-state index in [2.05, 4.69) is 15.5 Å². The first-order valence-electron chi connectivity index (χ1n) is 6.92. The Bertz CT molecular complexity index is 463. The number of nitrogens with two attached hydrogens (primary N) is 1. The van der Waals surface area contributed by atoms with Crippen LogP contribution < -0.4 is 11.1 Å². The van der Waals surface area contributed by atoms with Crippen molar-refractivity contribution in [2.24, 2.45) is 5.73 Å². The van der Waals surface area contributed by atoms with Crippen LogP contribution in [0.3, 0.4) is 0 Å². The third kappa shape index (κ3) is 5.02. The maximum absolute atomic E-state index is 5.77. The molecule has 1 aromatic rings. The van der Waals surface area contributed by atoms with Gasteiger partial charge in [0, 0.05) is 13.2 Å². The summed E-state index contributed by atoms with van der Waals surface area (Å²) in [5, 5.41) is 11.5. The highest BCUT2D eigenvalue weighted by molar-refractivity contribution is 7.80. The van der Waals surface area contributed by atoms with Crippen LogP contribution in [-0.2, 0) is 4.74 Å². The van der Waals surface area contributed by atoms with E-state index in [9.17, 15) is 0 Å². The average Bonchev–Trinajstić information content (AvgIpc) is 2.36. The molecule has 0 amide bonds. The summed E-state index contributed by atoms with van der Waals surface area (Å²) in [5.41, 5.74) is 8.41. The lowest BCUT2D eigenvalue weighted by atomic mass is 10.1. The lowest BCUT2D eigenvalue weighted by molar-refractivity contribution is 0.0765. The van der Waals surface area contributed by atoms with Crippen LogP contribution in [0.4, 0.5) is 5.82 Å². The SMILES string of the molecule is Cc1nnc(NCCCCOC(C)C)c(C(N)=S)c1C. The summed E-state index contributed by atoms with van der Waals surface area (Å²) in [6, 6.07) is 0. The molecule has 112 valence electrons. The summed E-state index contributed by atoms with van der Waals surface area (Å²) in [5.74, 6) is 0.672. The van der Waals surface area contributed by atoms with Gasteiger partial charge in [0.15, 0.2) is 5.82 Å². The van der Waals surface area contributed by atoms with Crippen molar-refractivity contribution in [3.63, 3.8) is 0 Å². The molecular formula is C14H24N4OS. The zero-order valence-electron chi connectivity index (χ0n) is 12.7. The Kier molecular flexibility index (Phi) is 6.81. The van der Waals surface area contributed by atoms with E-state index in [1.165, 1.54) is 0 Å². The zero-order chi connectivity index (χ0) is 15.1. The molecular weight excluding hydrogens is 272 g/mol. The molecule has 0 aliphatic rings. The number of aryl methyl sites for hydroxylation is 1. The molecule has 0 aliphatic heterocycles. The molecule has 0 bridgehead atoms.